The maximum absolute atomic E-state index is 12.0. The van der Waals surface area contributed by atoms with Gasteiger partial charge in [-0.25, -0.2) is 4.79 Å². The van der Waals surface area contributed by atoms with Crippen LogP contribution in [0.15, 0.2) is 0 Å². The fourth-order valence-corrected chi connectivity index (χ4v) is 3.63. The van der Waals surface area contributed by atoms with Crippen molar-refractivity contribution in [3.63, 3.8) is 0 Å². The Morgan fingerprint density at radius 2 is 2.17 bits per heavy atom. The van der Waals surface area contributed by atoms with Gasteiger partial charge in [-0.2, -0.15) is 5.26 Å². The van der Waals surface area contributed by atoms with Gasteiger partial charge in [-0.15, -0.1) is 0 Å². The molecule has 134 valence electrons. The SMILES string of the molecule is CCOC(=O)N[C@H](C(O)N1CCC[C@H]1C#N)[C@H]1CC[C@@H]1C(=O)NC. The van der Waals surface area contributed by atoms with Gasteiger partial charge >= 0.3 is 6.09 Å². The van der Waals surface area contributed by atoms with E-state index in [1.54, 1.807) is 18.9 Å². The molecule has 0 aromatic rings. The predicted molar refractivity (Wildman–Crippen MR) is 85.6 cm³/mol. The molecule has 5 atom stereocenters. The van der Waals surface area contributed by atoms with Crippen molar-refractivity contribution in [3.05, 3.63) is 0 Å². The second-order valence-corrected chi connectivity index (χ2v) is 6.29. The molecular formula is C16H26N4O4. The van der Waals surface area contributed by atoms with Gasteiger partial charge in [-0.3, -0.25) is 9.69 Å². The molecule has 1 aliphatic carbocycles. The summed E-state index contributed by atoms with van der Waals surface area (Å²) in [4.78, 5) is 25.6. The molecule has 1 aliphatic heterocycles. The van der Waals surface area contributed by atoms with Crippen LogP contribution in [-0.2, 0) is 9.53 Å². The number of amides is 2. The van der Waals surface area contributed by atoms with E-state index in [0.29, 0.717) is 13.0 Å². The minimum atomic E-state index is -1.01. The zero-order chi connectivity index (χ0) is 17.7. The lowest BCUT2D eigenvalue weighted by Crippen LogP contribution is -2.60. The number of nitriles is 1. The Morgan fingerprint density at radius 1 is 1.42 bits per heavy atom. The molecule has 24 heavy (non-hydrogen) atoms. The van der Waals surface area contributed by atoms with Gasteiger partial charge in [0.05, 0.1) is 24.8 Å². The molecule has 8 nitrogen and oxygen atoms in total. The highest BCUT2D eigenvalue weighted by Gasteiger charge is 2.47. The van der Waals surface area contributed by atoms with Crippen LogP contribution < -0.4 is 10.6 Å². The first-order valence-electron chi connectivity index (χ1n) is 8.51. The number of aliphatic hydroxyl groups excluding tert-OH is 1. The molecule has 3 N–H and O–H groups in total. The second-order valence-electron chi connectivity index (χ2n) is 6.29. The molecule has 0 bridgehead atoms. The number of rotatable bonds is 6. The molecule has 0 aromatic heterocycles. The van der Waals surface area contributed by atoms with E-state index in [2.05, 4.69) is 16.7 Å². The van der Waals surface area contributed by atoms with Gasteiger partial charge in [0, 0.05) is 19.5 Å². The molecule has 1 saturated heterocycles. The molecule has 2 rings (SSSR count). The van der Waals surface area contributed by atoms with Crippen molar-refractivity contribution < 1.29 is 19.4 Å². The van der Waals surface area contributed by atoms with Crippen LogP contribution in [-0.4, -0.2) is 60.5 Å². The van der Waals surface area contributed by atoms with E-state index in [1.165, 1.54) is 0 Å². The van der Waals surface area contributed by atoms with E-state index in [1.807, 2.05) is 0 Å². The minimum absolute atomic E-state index is 0.0904. The van der Waals surface area contributed by atoms with Gasteiger partial charge < -0.3 is 20.5 Å². The first kappa shape index (κ1) is 18.5. The molecule has 1 saturated carbocycles. The van der Waals surface area contributed by atoms with E-state index >= 15 is 0 Å². The molecular weight excluding hydrogens is 312 g/mol. The van der Waals surface area contributed by atoms with E-state index in [-0.39, 0.29) is 30.4 Å². The van der Waals surface area contributed by atoms with Crippen molar-refractivity contribution in [1.29, 1.82) is 5.26 Å². The van der Waals surface area contributed by atoms with Crippen molar-refractivity contribution in [3.8, 4) is 6.07 Å². The quantitative estimate of drug-likeness (QED) is 0.636. The van der Waals surface area contributed by atoms with Gasteiger partial charge in [-0.05, 0) is 38.5 Å². The summed E-state index contributed by atoms with van der Waals surface area (Å²) in [6.45, 7) is 2.52. The lowest BCUT2D eigenvalue weighted by Gasteiger charge is -2.44. The fourth-order valence-electron chi connectivity index (χ4n) is 3.63. The van der Waals surface area contributed by atoms with Gasteiger partial charge in [0.25, 0.3) is 0 Å². The number of hydrogen-bond donors (Lipinski definition) is 3. The van der Waals surface area contributed by atoms with Crippen molar-refractivity contribution >= 4 is 12.0 Å². The molecule has 0 spiro atoms. The van der Waals surface area contributed by atoms with Crippen molar-refractivity contribution in [2.24, 2.45) is 11.8 Å². The molecule has 2 fully saturated rings. The first-order valence-corrected chi connectivity index (χ1v) is 8.51. The summed E-state index contributed by atoms with van der Waals surface area (Å²) in [7, 11) is 1.58. The lowest BCUT2D eigenvalue weighted by molar-refractivity contribution is -0.133. The van der Waals surface area contributed by atoms with E-state index in [4.69, 9.17) is 4.74 Å². The number of nitrogens with zero attached hydrogens (tertiary/aromatic N) is 2. The Morgan fingerprint density at radius 3 is 2.71 bits per heavy atom. The Kier molecular flexibility index (Phi) is 6.40. The third-order valence-electron chi connectivity index (χ3n) is 5.04. The van der Waals surface area contributed by atoms with Crippen LogP contribution in [0.25, 0.3) is 0 Å². The van der Waals surface area contributed by atoms with Crippen LogP contribution in [0.4, 0.5) is 4.79 Å². The standard InChI is InChI=1S/C16H26N4O4/c1-3-24-16(23)19-13(11-6-7-12(11)14(21)18-2)15(22)20-8-4-5-10(20)9-17/h10-13,15,22H,3-8H2,1-2H3,(H,18,21)(H,19,23)/t10-,11-,12-,13-,15?/m0/s1. The Hall–Kier alpha value is -1.85. The molecule has 2 aliphatic rings. The normalized spacial score (nSPS) is 29.0. The van der Waals surface area contributed by atoms with Crippen LogP contribution in [0.3, 0.4) is 0 Å². The van der Waals surface area contributed by atoms with Crippen LogP contribution in [0, 0.1) is 23.2 Å². The molecule has 2 amide bonds. The minimum Gasteiger partial charge on any atom is -0.450 e. The third-order valence-corrected chi connectivity index (χ3v) is 5.04. The molecule has 8 heteroatoms. The van der Waals surface area contributed by atoms with Crippen LogP contribution in [0.5, 0.6) is 0 Å². The highest BCUT2D eigenvalue weighted by atomic mass is 16.5. The first-order chi connectivity index (χ1) is 11.5. The second kappa shape index (κ2) is 8.31. The summed E-state index contributed by atoms with van der Waals surface area (Å²) in [6, 6.07) is 1.18. The van der Waals surface area contributed by atoms with Crippen LogP contribution >= 0.6 is 0 Å². The van der Waals surface area contributed by atoms with Gasteiger partial charge in [0.15, 0.2) is 0 Å². The van der Waals surface area contributed by atoms with E-state index in [0.717, 1.165) is 19.3 Å². The van der Waals surface area contributed by atoms with Crippen molar-refractivity contribution in [2.75, 3.05) is 20.2 Å². The summed E-state index contributed by atoms with van der Waals surface area (Å²) < 4.78 is 4.93. The molecule has 0 aromatic carbocycles. The van der Waals surface area contributed by atoms with Gasteiger partial charge in [0.1, 0.15) is 6.23 Å². The molecule has 0 radical (unpaired) electrons. The average molecular weight is 338 g/mol. The zero-order valence-electron chi connectivity index (χ0n) is 14.2. The van der Waals surface area contributed by atoms with E-state index in [9.17, 15) is 20.0 Å². The number of carbonyl (C=O) groups is 2. The summed E-state index contributed by atoms with van der Waals surface area (Å²) in [5.74, 6) is -0.517. The highest BCUT2D eigenvalue weighted by Crippen LogP contribution is 2.39. The summed E-state index contributed by atoms with van der Waals surface area (Å²) >= 11 is 0. The summed E-state index contributed by atoms with van der Waals surface area (Å²) in [5.41, 5.74) is 0. The van der Waals surface area contributed by atoms with Crippen LogP contribution in [0.1, 0.15) is 32.6 Å². The number of ether oxygens (including phenoxy) is 1. The summed E-state index contributed by atoms with van der Waals surface area (Å²) in [6.07, 6.45) is 1.35. The van der Waals surface area contributed by atoms with Crippen LogP contribution in [0.2, 0.25) is 0 Å². The lowest BCUT2D eigenvalue weighted by atomic mass is 9.68. The monoisotopic (exact) mass is 338 g/mol. The van der Waals surface area contributed by atoms with Gasteiger partial charge in [0.2, 0.25) is 5.91 Å². The third kappa shape index (κ3) is 3.79. The fraction of sp³-hybridized carbons (Fsp3) is 0.812. The zero-order valence-corrected chi connectivity index (χ0v) is 14.2. The van der Waals surface area contributed by atoms with Crippen molar-refractivity contribution in [2.45, 2.75) is 50.9 Å². The predicted octanol–water partition coefficient (Wildman–Crippen LogP) is 0.180. The summed E-state index contributed by atoms with van der Waals surface area (Å²) in [5, 5.41) is 25.4. The largest absolute Gasteiger partial charge is 0.450 e. The number of nitrogens with one attached hydrogen (secondary N) is 2. The van der Waals surface area contributed by atoms with Crippen molar-refractivity contribution in [1.82, 2.24) is 15.5 Å². The Bertz CT molecular complexity index is 507. The number of hydrogen-bond acceptors (Lipinski definition) is 6. The number of likely N-dealkylation sites (tertiary alicyclic amines) is 1. The highest BCUT2D eigenvalue weighted by molar-refractivity contribution is 5.79. The smallest absolute Gasteiger partial charge is 0.407 e. The molecule has 1 heterocycles. The van der Waals surface area contributed by atoms with Gasteiger partial charge in [-0.1, -0.05) is 0 Å². The topological polar surface area (TPSA) is 115 Å². The average Bonchev–Trinajstić information content (AvgIpc) is 3.01. The number of alkyl carbamates (subject to hydrolysis) is 1. The number of carbonyl (C=O) groups excluding carboxylic acids is 2. The number of aliphatic hydroxyl groups is 1. The Balaban J connectivity index is 2.14. The Labute approximate surface area is 142 Å². The molecule has 1 unspecified atom stereocenters. The maximum Gasteiger partial charge on any atom is 0.407 e. The van der Waals surface area contributed by atoms with E-state index < -0.39 is 18.4 Å². The maximum atomic E-state index is 12.0.